The highest BCUT2D eigenvalue weighted by Crippen LogP contribution is 2.33. The van der Waals surface area contributed by atoms with E-state index in [1.807, 2.05) is 6.92 Å². The molecule has 0 aromatic carbocycles. The topological polar surface area (TPSA) is 17.1 Å². The number of rotatable bonds is 4. The van der Waals surface area contributed by atoms with E-state index in [1.54, 1.807) is 5.57 Å². The van der Waals surface area contributed by atoms with Gasteiger partial charge in [0.05, 0.1) is 0 Å². The number of hydrogen-bond acceptors (Lipinski definition) is 1. The molecule has 0 atom stereocenters. The molecular weight excluding hydrogens is 136 g/mol. The van der Waals surface area contributed by atoms with Crippen LogP contribution >= 0.6 is 0 Å². The van der Waals surface area contributed by atoms with Crippen molar-refractivity contribution in [1.29, 1.82) is 0 Å². The molecule has 1 aliphatic rings. The fourth-order valence-corrected chi connectivity index (χ4v) is 1.17. The van der Waals surface area contributed by atoms with E-state index in [0.29, 0.717) is 12.2 Å². The molecular formula is C10H16O. The van der Waals surface area contributed by atoms with Gasteiger partial charge >= 0.3 is 0 Å². The van der Waals surface area contributed by atoms with Crippen LogP contribution < -0.4 is 0 Å². The van der Waals surface area contributed by atoms with Crippen LogP contribution in [0.5, 0.6) is 0 Å². The Balaban J connectivity index is 2.22. The SMILES string of the molecule is CCC(=O)CCC(C)=C1CC1. The van der Waals surface area contributed by atoms with Gasteiger partial charge in [-0.25, -0.2) is 0 Å². The molecule has 1 nitrogen and oxygen atoms in total. The van der Waals surface area contributed by atoms with E-state index in [0.717, 1.165) is 12.8 Å². The number of Topliss-reactive ketones (excluding diaryl/α,β-unsaturated/α-hetero) is 1. The van der Waals surface area contributed by atoms with Crippen LogP contribution in [0.15, 0.2) is 11.1 Å². The standard InChI is InChI=1S/C10H16O/c1-3-10(11)7-4-8(2)9-5-6-9/h3-7H2,1-2H3. The van der Waals surface area contributed by atoms with Gasteiger partial charge in [0.15, 0.2) is 0 Å². The third kappa shape index (κ3) is 2.87. The normalized spacial score (nSPS) is 14.9. The van der Waals surface area contributed by atoms with Crippen molar-refractivity contribution in [2.75, 3.05) is 0 Å². The predicted octanol–water partition coefficient (Wildman–Crippen LogP) is 2.86. The molecule has 0 aliphatic heterocycles. The van der Waals surface area contributed by atoms with Gasteiger partial charge in [0.2, 0.25) is 0 Å². The third-order valence-electron chi connectivity index (χ3n) is 2.28. The van der Waals surface area contributed by atoms with Crippen LogP contribution in [0.1, 0.15) is 46.0 Å². The van der Waals surface area contributed by atoms with Crippen LogP contribution in [-0.2, 0) is 4.79 Å². The zero-order valence-corrected chi connectivity index (χ0v) is 7.44. The van der Waals surface area contributed by atoms with Crippen LogP contribution in [0, 0.1) is 0 Å². The molecule has 1 fully saturated rings. The van der Waals surface area contributed by atoms with Crippen molar-refractivity contribution in [3.8, 4) is 0 Å². The summed E-state index contributed by atoms with van der Waals surface area (Å²) in [4.78, 5) is 10.9. The second kappa shape index (κ2) is 3.70. The summed E-state index contributed by atoms with van der Waals surface area (Å²) < 4.78 is 0. The van der Waals surface area contributed by atoms with Crippen molar-refractivity contribution in [3.63, 3.8) is 0 Å². The molecule has 0 bridgehead atoms. The first-order valence-corrected chi connectivity index (χ1v) is 4.43. The van der Waals surface area contributed by atoms with Crippen molar-refractivity contribution >= 4 is 5.78 Å². The number of carbonyl (C=O) groups excluding carboxylic acids is 1. The Morgan fingerprint density at radius 3 is 2.45 bits per heavy atom. The monoisotopic (exact) mass is 152 g/mol. The predicted molar refractivity (Wildman–Crippen MR) is 46.5 cm³/mol. The van der Waals surface area contributed by atoms with E-state index in [1.165, 1.54) is 18.4 Å². The zero-order valence-electron chi connectivity index (χ0n) is 7.44. The maximum Gasteiger partial charge on any atom is 0.132 e. The molecule has 62 valence electrons. The van der Waals surface area contributed by atoms with E-state index >= 15 is 0 Å². The Bertz CT molecular complexity index is 183. The van der Waals surface area contributed by atoms with E-state index < -0.39 is 0 Å². The Morgan fingerprint density at radius 2 is 2.00 bits per heavy atom. The number of hydrogen-bond donors (Lipinski definition) is 0. The largest absolute Gasteiger partial charge is 0.300 e. The van der Waals surface area contributed by atoms with Crippen molar-refractivity contribution in [2.24, 2.45) is 0 Å². The molecule has 0 radical (unpaired) electrons. The van der Waals surface area contributed by atoms with Gasteiger partial charge in [-0.05, 0) is 26.2 Å². The highest BCUT2D eigenvalue weighted by molar-refractivity contribution is 5.78. The lowest BCUT2D eigenvalue weighted by atomic mass is 10.1. The van der Waals surface area contributed by atoms with Crippen molar-refractivity contribution in [1.82, 2.24) is 0 Å². The summed E-state index contributed by atoms with van der Waals surface area (Å²) in [5, 5.41) is 0. The lowest BCUT2D eigenvalue weighted by Crippen LogP contribution is -1.94. The van der Waals surface area contributed by atoms with Crippen LogP contribution in [0.25, 0.3) is 0 Å². The van der Waals surface area contributed by atoms with Crippen LogP contribution in [0.4, 0.5) is 0 Å². The highest BCUT2D eigenvalue weighted by atomic mass is 16.1. The maximum atomic E-state index is 10.9. The Hall–Kier alpha value is -0.590. The lowest BCUT2D eigenvalue weighted by Gasteiger charge is -1.97. The molecule has 1 aliphatic carbocycles. The molecule has 1 heteroatoms. The second-order valence-corrected chi connectivity index (χ2v) is 3.28. The molecule has 0 aromatic rings. The van der Waals surface area contributed by atoms with Gasteiger partial charge in [-0.3, -0.25) is 4.79 Å². The minimum atomic E-state index is 0.394. The number of allylic oxidation sites excluding steroid dienone is 2. The first kappa shape index (κ1) is 8.51. The summed E-state index contributed by atoms with van der Waals surface area (Å²) in [5.41, 5.74) is 3.06. The molecule has 11 heavy (non-hydrogen) atoms. The Labute approximate surface area is 68.5 Å². The van der Waals surface area contributed by atoms with Crippen LogP contribution in [0.2, 0.25) is 0 Å². The van der Waals surface area contributed by atoms with Crippen LogP contribution in [0.3, 0.4) is 0 Å². The van der Waals surface area contributed by atoms with Gasteiger partial charge in [0.1, 0.15) is 5.78 Å². The average Bonchev–Trinajstić information content (AvgIpc) is 2.81. The summed E-state index contributed by atoms with van der Waals surface area (Å²) in [7, 11) is 0. The minimum Gasteiger partial charge on any atom is -0.300 e. The van der Waals surface area contributed by atoms with Crippen molar-refractivity contribution in [2.45, 2.75) is 46.0 Å². The molecule has 0 spiro atoms. The fraction of sp³-hybridized carbons (Fsp3) is 0.700. The van der Waals surface area contributed by atoms with E-state index in [4.69, 9.17) is 0 Å². The number of carbonyl (C=O) groups is 1. The first-order chi connectivity index (χ1) is 5.24. The third-order valence-corrected chi connectivity index (χ3v) is 2.28. The van der Waals surface area contributed by atoms with E-state index in [-0.39, 0.29) is 0 Å². The molecule has 0 N–H and O–H groups in total. The Morgan fingerprint density at radius 1 is 1.36 bits per heavy atom. The van der Waals surface area contributed by atoms with Crippen molar-refractivity contribution in [3.05, 3.63) is 11.1 Å². The number of ketones is 1. The highest BCUT2D eigenvalue weighted by Gasteiger charge is 2.14. The molecule has 0 heterocycles. The average molecular weight is 152 g/mol. The van der Waals surface area contributed by atoms with Crippen molar-refractivity contribution < 1.29 is 4.79 Å². The second-order valence-electron chi connectivity index (χ2n) is 3.28. The van der Waals surface area contributed by atoms with Gasteiger partial charge < -0.3 is 0 Å². The first-order valence-electron chi connectivity index (χ1n) is 4.43. The molecule has 1 rings (SSSR count). The summed E-state index contributed by atoms with van der Waals surface area (Å²) in [6.45, 7) is 4.09. The zero-order chi connectivity index (χ0) is 8.27. The summed E-state index contributed by atoms with van der Waals surface area (Å²) in [6.07, 6.45) is 5.02. The van der Waals surface area contributed by atoms with E-state index in [9.17, 15) is 4.79 Å². The van der Waals surface area contributed by atoms with Gasteiger partial charge in [-0.1, -0.05) is 18.1 Å². The van der Waals surface area contributed by atoms with Crippen LogP contribution in [-0.4, -0.2) is 5.78 Å². The minimum absolute atomic E-state index is 0.394. The molecule has 1 saturated carbocycles. The lowest BCUT2D eigenvalue weighted by molar-refractivity contribution is -0.118. The van der Waals surface area contributed by atoms with E-state index in [2.05, 4.69) is 6.92 Å². The summed E-state index contributed by atoms with van der Waals surface area (Å²) >= 11 is 0. The summed E-state index contributed by atoms with van der Waals surface area (Å²) in [5.74, 6) is 0.394. The van der Waals surface area contributed by atoms with Gasteiger partial charge in [0, 0.05) is 12.8 Å². The molecule has 0 aromatic heterocycles. The Kier molecular flexibility index (Phi) is 2.86. The maximum absolute atomic E-state index is 10.9. The fourth-order valence-electron chi connectivity index (χ4n) is 1.17. The van der Waals surface area contributed by atoms with Gasteiger partial charge in [-0.15, -0.1) is 0 Å². The molecule has 0 unspecified atom stereocenters. The quantitative estimate of drug-likeness (QED) is 0.566. The molecule has 0 amide bonds. The summed E-state index contributed by atoms with van der Waals surface area (Å²) in [6, 6.07) is 0. The smallest absolute Gasteiger partial charge is 0.132 e. The van der Waals surface area contributed by atoms with Gasteiger partial charge in [-0.2, -0.15) is 0 Å². The van der Waals surface area contributed by atoms with Gasteiger partial charge in [0.25, 0.3) is 0 Å². The molecule has 0 saturated heterocycles.